The van der Waals surface area contributed by atoms with Crippen molar-refractivity contribution in [2.75, 3.05) is 0 Å². The fourth-order valence-corrected chi connectivity index (χ4v) is 2.03. The summed E-state index contributed by atoms with van der Waals surface area (Å²) in [5.41, 5.74) is 8.53. The van der Waals surface area contributed by atoms with Crippen molar-refractivity contribution in [1.82, 2.24) is 0 Å². The first-order valence-corrected chi connectivity index (χ1v) is 5.62. The maximum absolute atomic E-state index is 11.3. The predicted molar refractivity (Wildman–Crippen MR) is 70.2 cm³/mol. The first kappa shape index (κ1) is 10.6. The van der Waals surface area contributed by atoms with Crippen LogP contribution in [-0.2, 0) is 0 Å². The highest BCUT2D eigenvalue weighted by atomic mass is 16.3. The highest BCUT2D eigenvalue weighted by molar-refractivity contribution is 6.06. The van der Waals surface area contributed by atoms with Gasteiger partial charge in [-0.25, -0.2) is 0 Å². The summed E-state index contributed by atoms with van der Waals surface area (Å²) in [7, 11) is 0. The third kappa shape index (κ3) is 1.66. The van der Waals surface area contributed by atoms with Gasteiger partial charge < -0.3 is 10.2 Å². The molecule has 3 nitrogen and oxygen atoms in total. The lowest BCUT2D eigenvalue weighted by Crippen LogP contribution is -2.09. The Balaban J connectivity index is 2.21. The van der Waals surface area contributed by atoms with Crippen LogP contribution in [0.2, 0.25) is 0 Å². The average molecular weight is 237 g/mol. The van der Waals surface area contributed by atoms with Gasteiger partial charge in [0.05, 0.1) is 5.56 Å². The summed E-state index contributed by atoms with van der Waals surface area (Å²) in [5.74, 6) is -0.473. The molecule has 0 unspecified atom stereocenters. The molecule has 1 amide bonds. The number of hydrogen-bond acceptors (Lipinski definition) is 2. The minimum Gasteiger partial charge on any atom is -0.463 e. The quantitative estimate of drug-likeness (QED) is 0.744. The number of rotatable bonds is 2. The number of amides is 1. The van der Waals surface area contributed by atoms with Crippen molar-refractivity contribution >= 4 is 16.9 Å². The Morgan fingerprint density at radius 2 is 1.78 bits per heavy atom. The van der Waals surface area contributed by atoms with Crippen molar-refractivity contribution < 1.29 is 9.21 Å². The van der Waals surface area contributed by atoms with Crippen LogP contribution in [0, 0.1) is 0 Å². The van der Waals surface area contributed by atoms with Crippen LogP contribution in [-0.4, -0.2) is 5.91 Å². The van der Waals surface area contributed by atoms with Gasteiger partial charge in [-0.15, -0.1) is 0 Å². The predicted octanol–water partition coefficient (Wildman–Crippen LogP) is 3.20. The lowest BCUT2D eigenvalue weighted by atomic mass is 10.0. The molecule has 0 fully saturated rings. The van der Waals surface area contributed by atoms with Crippen LogP contribution in [0.4, 0.5) is 0 Å². The number of hydrogen-bond donors (Lipinski definition) is 1. The van der Waals surface area contributed by atoms with E-state index in [0.29, 0.717) is 11.1 Å². The van der Waals surface area contributed by atoms with Crippen LogP contribution in [0.1, 0.15) is 10.4 Å². The van der Waals surface area contributed by atoms with Crippen LogP contribution in [0.5, 0.6) is 0 Å². The van der Waals surface area contributed by atoms with Crippen molar-refractivity contribution in [3.63, 3.8) is 0 Å². The maximum Gasteiger partial charge on any atom is 0.252 e. The molecule has 2 aromatic carbocycles. The monoisotopic (exact) mass is 237 g/mol. The summed E-state index contributed by atoms with van der Waals surface area (Å²) in [5, 5.41) is 0.754. The summed E-state index contributed by atoms with van der Waals surface area (Å²) < 4.78 is 5.30. The van der Waals surface area contributed by atoms with Crippen LogP contribution in [0.25, 0.3) is 22.1 Å². The van der Waals surface area contributed by atoms with Crippen molar-refractivity contribution in [2.24, 2.45) is 5.73 Å². The fraction of sp³-hybridized carbons (Fsp3) is 0. The van der Waals surface area contributed by atoms with Gasteiger partial charge in [0.25, 0.3) is 5.91 Å². The molecule has 0 aliphatic carbocycles. The molecule has 1 heterocycles. The Kier molecular flexibility index (Phi) is 2.38. The summed E-state index contributed by atoms with van der Waals surface area (Å²) >= 11 is 0. The second kappa shape index (κ2) is 4.04. The minimum absolute atomic E-state index is 0.419. The summed E-state index contributed by atoms with van der Waals surface area (Å²) in [4.78, 5) is 11.3. The van der Waals surface area contributed by atoms with Crippen LogP contribution >= 0.6 is 0 Å². The number of primary amides is 1. The Labute approximate surface area is 104 Å². The number of carbonyl (C=O) groups is 1. The molecule has 2 N–H and O–H groups in total. The van der Waals surface area contributed by atoms with Crippen molar-refractivity contribution in [2.45, 2.75) is 0 Å². The van der Waals surface area contributed by atoms with E-state index in [-0.39, 0.29) is 0 Å². The number of carbonyl (C=O) groups excluding carboxylic acids is 1. The standard InChI is InChI=1S/C15H11NO2/c16-15(17)13-9-18-14-7-6-11(8-12(13)14)10-4-2-1-3-5-10/h1-9H,(H2,16,17). The van der Waals surface area contributed by atoms with E-state index in [0.717, 1.165) is 16.5 Å². The van der Waals surface area contributed by atoms with Gasteiger partial charge in [-0.1, -0.05) is 36.4 Å². The van der Waals surface area contributed by atoms with Crippen molar-refractivity contribution in [1.29, 1.82) is 0 Å². The molecule has 3 rings (SSSR count). The molecule has 3 heteroatoms. The molecular formula is C15H11NO2. The van der Waals surface area contributed by atoms with Gasteiger partial charge in [-0.3, -0.25) is 4.79 Å². The SMILES string of the molecule is NC(=O)c1coc2ccc(-c3ccccc3)cc12. The first-order valence-electron chi connectivity index (χ1n) is 5.62. The molecule has 88 valence electrons. The molecule has 0 radical (unpaired) electrons. The zero-order valence-electron chi connectivity index (χ0n) is 9.59. The van der Waals surface area contributed by atoms with Crippen LogP contribution in [0.3, 0.4) is 0 Å². The Hall–Kier alpha value is -2.55. The molecule has 18 heavy (non-hydrogen) atoms. The summed E-state index contributed by atoms with van der Waals surface area (Å²) in [6.07, 6.45) is 1.40. The van der Waals surface area contributed by atoms with Gasteiger partial charge in [0.1, 0.15) is 11.8 Å². The lowest BCUT2D eigenvalue weighted by molar-refractivity contribution is 0.100. The Morgan fingerprint density at radius 3 is 2.50 bits per heavy atom. The van der Waals surface area contributed by atoms with E-state index in [2.05, 4.69) is 0 Å². The zero-order valence-corrected chi connectivity index (χ0v) is 9.59. The van der Waals surface area contributed by atoms with Gasteiger partial charge >= 0.3 is 0 Å². The second-order valence-corrected chi connectivity index (χ2v) is 4.09. The minimum atomic E-state index is -0.473. The Bertz CT molecular complexity index is 714. The van der Waals surface area contributed by atoms with E-state index >= 15 is 0 Å². The van der Waals surface area contributed by atoms with E-state index in [4.69, 9.17) is 10.2 Å². The highest BCUT2D eigenvalue weighted by Crippen LogP contribution is 2.27. The fourth-order valence-electron chi connectivity index (χ4n) is 2.03. The van der Waals surface area contributed by atoms with Gasteiger partial charge in [-0.2, -0.15) is 0 Å². The third-order valence-corrected chi connectivity index (χ3v) is 2.95. The smallest absolute Gasteiger partial charge is 0.252 e. The molecule has 0 saturated carbocycles. The van der Waals surface area contributed by atoms with Crippen molar-refractivity contribution in [3.8, 4) is 11.1 Å². The van der Waals surface area contributed by atoms with E-state index in [9.17, 15) is 4.79 Å². The van der Waals surface area contributed by atoms with Crippen LogP contribution < -0.4 is 5.73 Å². The van der Waals surface area contributed by atoms with Crippen molar-refractivity contribution in [3.05, 3.63) is 60.4 Å². The molecule has 1 aromatic heterocycles. The largest absolute Gasteiger partial charge is 0.463 e. The van der Waals surface area contributed by atoms with Crippen LogP contribution in [0.15, 0.2) is 59.2 Å². The topological polar surface area (TPSA) is 56.2 Å². The molecular weight excluding hydrogens is 226 g/mol. The molecule has 0 spiro atoms. The number of fused-ring (bicyclic) bond motifs is 1. The molecule has 0 bridgehead atoms. The average Bonchev–Trinajstić information content (AvgIpc) is 2.82. The molecule has 0 aliphatic rings. The lowest BCUT2D eigenvalue weighted by Gasteiger charge is -2.01. The normalized spacial score (nSPS) is 10.7. The highest BCUT2D eigenvalue weighted by Gasteiger charge is 2.11. The van der Waals surface area contributed by atoms with Gasteiger partial charge in [-0.05, 0) is 23.3 Å². The number of furan rings is 1. The molecule has 0 atom stereocenters. The van der Waals surface area contributed by atoms with Gasteiger partial charge in [0, 0.05) is 5.39 Å². The summed E-state index contributed by atoms with van der Waals surface area (Å²) in [6, 6.07) is 15.7. The molecule has 0 saturated heterocycles. The maximum atomic E-state index is 11.3. The summed E-state index contributed by atoms with van der Waals surface area (Å²) in [6.45, 7) is 0. The van der Waals surface area contributed by atoms with E-state index in [1.807, 2.05) is 48.5 Å². The first-order chi connectivity index (χ1) is 8.75. The number of nitrogens with two attached hydrogens (primary N) is 1. The second-order valence-electron chi connectivity index (χ2n) is 4.09. The number of benzene rings is 2. The van der Waals surface area contributed by atoms with Gasteiger partial charge in [0.15, 0.2) is 0 Å². The van der Waals surface area contributed by atoms with E-state index < -0.39 is 5.91 Å². The molecule has 3 aromatic rings. The molecule has 0 aliphatic heterocycles. The Morgan fingerprint density at radius 1 is 1.00 bits per heavy atom. The van der Waals surface area contributed by atoms with E-state index in [1.54, 1.807) is 0 Å². The third-order valence-electron chi connectivity index (χ3n) is 2.95. The van der Waals surface area contributed by atoms with Gasteiger partial charge in [0.2, 0.25) is 0 Å². The van der Waals surface area contributed by atoms with E-state index in [1.165, 1.54) is 6.26 Å². The zero-order chi connectivity index (χ0) is 12.5.